The van der Waals surface area contributed by atoms with Crippen molar-refractivity contribution in [2.75, 3.05) is 11.9 Å². The molecular weight excluding hydrogens is 466 g/mol. The molecule has 0 spiro atoms. The fourth-order valence-corrected chi connectivity index (χ4v) is 3.29. The third kappa shape index (κ3) is 5.99. The molecule has 2 amide bonds. The number of alkyl halides is 6. The predicted molar refractivity (Wildman–Crippen MR) is 113 cm³/mol. The zero-order valence-corrected chi connectivity index (χ0v) is 18.0. The van der Waals surface area contributed by atoms with Crippen LogP contribution in [0.1, 0.15) is 36.5 Å². The van der Waals surface area contributed by atoms with Crippen LogP contribution in [0.25, 0.3) is 0 Å². The number of aliphatic imine (C=N–C) groups is 1. The lowest BCUT2D eigenvalue weighted by Crippen LogP contribution is -2.58. The third-order valence-corrected chi connectivity index (χ3v) is 5.11. The second-order valence-electron chi connectivity index (χ2n) is 7.64. The number of amides is 2. The van der Waals surface area contributed by atoms with Crippen LogP contribution in [-0.4, -0.2) is 39.8 Å². The molecule has 2 aromatic rings. The Morgan fingerprint density at radius 1 is 0.971 bits per heavy atom. The Morgan fingerprint density at radius 3 is 2.21 bits per heavy atom. The summed E-state index contributed by atoms with van der Waals surface area (Å²) in [4.78, 5) is 18.7. The number of benzene rings is 2. The first-order chi connectivity index (χ1) is 15.9. The van der Waals surface area contributed by atoms with E-state index in [0.717, 1.165) is 29.2 Å². The summed E-state index contributed by atoms with van der Waals surface area (Å²) in [7, 11) is 0. The molecule has 0 radical (unpaired) electrons. The van der Waals surface area contributed by atoms with Gasteiger partial charge in [-0.05, 0) is 42.3 Å². The first kappa shape index (κ1) is 25.3. The number of nitrogens with one attached hydrogen (secondary N) is 1. The largest absolute Gasteiger partial charge is 0.416 e. The number of urea groups is 1. The highest BCUT2D eigenvalue weighted by Gasteiger charge is 2.36. The van der Waals surface area contributed by atoms with Gasteiger partial charge in [-0.1, -0.05) is 31.5 Å². The van der Waals surface area contributed by atoms with Gasteiger partial charge in [0.25, 0.3) is 0 Å². The van der Waals surface area contributed by atoms with E-state index in [0.29, 0.717) is 18.4 Å². The Kier molecular flexibility index (Phi) is 7.39. The summed E-state index contributed by atoms with van der Waals surface area (Å²) in [5.74, 6) is -0.232. The number of carbonyl (C=O) groups excluding carboxylic acids is 1. The Hall–Kier alpha value is -3.28. The van der Waals surface area contributed by atoms with E-state index in [1.54, 1.807) is 0 Å². The van der Waals surface area contributed by atoms with Crippen molar-refractivity contribution in [3.8, 4) is 0 Å². The summed E-state index contributed by atoms with van der Waals surface area (Å²) in [5.41, 5.74) is -1.46. The van der Waals surface area contributed by atoms with Gasteiger partial charge in [-0.15, -0.1) is 0 Å². The lowest BCUT2D eigenvalue weighted by Gasteiger charge is -2.40. The smallest absolute Gasteiger partial charge is 0.356 e. The van der Waals surface area contributed by atoms with E-state index in [9.17, 15) is 36.2 Å². The fourth-order valence-electron chi connectivity index (χ4n) is 3.29. The van der Waals surface area contributed by atoms with E-state index in [1.807, 2.05) is 6.92 Å². The number of carbonyl (C=O) groups is 1. The lowest BCUT2D eigenvalue weighted by atomic mass is 10.1. The molecule has 2 aromatic carbocycles. The predicted octanol–water partition coefficient (Wildman–Crippen LogP) is 5.51. The quantitative estimate of drug-likeness (QED) is 0.527. The van der Waals surface area contributed by atoms with Gasteiger partial charge in [0.1, 0.15) is 0 Å². The fraction of sp³-hybridized carbons (Fsp3) is 0.364. The summed E-state index contributed by atoms with van der Waals surface area (Å²) in [5, 5.41) is 13.5. The van der Waals surface area contributed by atoms with Crippen LogP contribution in [0.3, 0.4) is 0 Å². The van der Waals surface area contributed by atoms with Crippen molar-refractivity contribution < 1.29 is 36.2 Å². The van der Waals surface area contributed by atoms with Crippen molar-refractivity contribution in [2.45, 2.75) is 45.0 Å². The van der Waals surface area contributed by atoms with Gasteiger partial charge in [-0.2, -0.15) is 31.3 Å². The molecule has 1 unspecified atom stereocenters. The maximum Gasteiger partial charge on any atom is 0.416 e. The third-order valence-electron chi connectivity index (χ3n) is 5.11. The highest BCUT2D eigenvalue weighted by atomic mass is 19.4. The van der Waals surface area contributed by atoms with Gasteiger partial charge in [0, 0.05) is 12.2 Å². The molecule has 2 N–H and O–H groups in total. The second kappa shape index (κ2) is 9.92. The minimum absolute atomic E-state index is 0.0343. The number of rotatable bonds is 6. The number of aliphatic hydroxyl groups excluding tert-OH is 1. The van der Waals surface area contributed by atoms with E-state index in [2.05, 4.69) is 10.3 Å². The number of hydrogen-bond acceptors (Lipinski definition) is 4. The van der Waals surface area contributed by atoms with Crippen LogP contribution in [-0.2, 0) is 18.9 Å². The van der Waals surface area contributed by atoms with Crippen LogP contribution in [0.2, 0.25) is 0 Å². The highest BCUT2D eigenvalue weighted by Crippen LogP contribution is 2.32. The number of guanidine groups is 1. The molecule has 1 heterocycles. The van der Waals surface area contributed by atoms with Gasteiger partial charge in [0.2, 0.25) is 12.3 Å². The molecule has 34 heavy (non-hydrogen) atoms. The number of hydrogen-bond donors (Lipinski definition) is 2. The molecule has 0 aliphatic carbocycles. The summed E-state index contributed by atoms with van der Waals surface area (Å²) < 4.78 is 77.8. The van der Waals surface area contributed by atoms with Crippen molar-refractivity contribution in [3.63, 3.8) is 0 Å². The molecule has 3 rings (SSSR count). The van der Waals surface area contributed by atoms with Gasteiger partial charge in [-0.3, -0.25) is 9.80 Å². The molecule has 12 heteroatoms. The Bertz CT molecular complexity index is 1040. The van der Waals surface area contributed by atoms with Crippen LogP contribution < -0.4 is 5.32 Å². The minimum Gasteiger partial charge on any atom is -0.356 e. The number of halogens is 6. The molecule has 1 atom stereocenters. The zero-order valence-electron chi connectivity index (χ0n) is 18.0. The average Bonchev–Trinajstić information content (AvgIpc) is 2.75. The summed E-state index contributed by atoms with van der Waals surface area (Å²) in [6.07, 6.45) is -9.38. The minimum atomic E-state index is -4.60. The molecule has 6 nitrogen and oxygen atoms in total. The van der Waals surface area contributed by atoms with Crippen LogP contribution in [0.15, 0.2) is 53.5 Å². The van der Waals surface area contributed by atoms with Crippen LogP contribution in [0.5, 0.6) is 0 Å². The standard InChI is InChI=1S/C22H22F6N4O2/c1-2-3-11-31-19(33)30-18(29-17-6-4-5-16(12-17)22(26,27)28)32(20(31)34)13-14-7-9-15(10-8-14)21(23,24)25/h4-10,12,20,34H,2-3,11,13H2,1H3,(H,29,30,33). The van der Waals surface area contributed by atoms with Gasteiger partial charge in [0.15, 0.2) is 0 Å². The molecule has 0 saturated carbocycles. The molecule has 0 fully saturated rings. The van der Waals surface area contributed by atoms with E-state index < -0.39 is 35.9 Å². The first-order valence-electron chi connectivity index (χ1n) is 10.3. The van der Waals surface area contributed by atoms with Crippen molar-refractivity contribution in [2.24, 2.45) is 4.99 Å². The molecule has 184 valence electrons. The van der Waals surface area contributed by atoms with Gasteiger partial charge in [-0.25, -0.2) is 4.79 Å². The zero-order chi connectivity index (χ0) is 25.1. The second-order valence-corrected chi connectivity index (χ2v) is 7.64. The van der Waals surface area contributed by atoms with Crippen LogP contribution >= 0.6 is 0 Å². The van der Waals surface area contributed by atoms with E-state index in [-0.39, 0.29) is 24.7 Å². The van der Waals surface area contributed by atoms with E-state index >= 15 is 0 Å². The summed E-state index contributed by atoms with van der Waals surface area (Å²) >= 11 is 0. The van der Waals surface area contributed by atoms with Gasteiger partial charge >= 0.3 is 18.4 Å². The number of unbranched alkanes of at least 4 members (excludes halogenated alkanes) is 1. The summed E-state index contributed by atoms with van der Waals surface area (Å²) in [6.45, 7) is 1.88. The number of nitrogens with zero attached hydrogens (tertiary/aromatic N) is 3. The van der Waals surface area contributed by atoms with E-state index in [4.69, 9.17) is 0 Å². The number of anilines is 1. The van der Waals surface area contributed by atoms with Crippen molar-refractivity contribution >= 4 is 17.7 Å². The average molecular weight is 488 g/mol. The van der Waals surface area contributed by atoms with Crippen LogP contribution in [0.4, 0.5) is 36.8 Å². The highest BCUT2D eigenvalue weighted by molar-refractivity contribution is 6.02. The summed E-state index contributed by atoms with van der Waals surface area (Å²) in [6, 6.07) is 7.58. The normalized spacial score (nSPS) is 17.1. The van der Waals surface area contributed by atoms with Gasteiger partial charge in [0.05, 0.1) is 17.7 Å². The Morgan fingerprint density at radius 2 is 1.62 bits per heavy atom. The van der Waals surface area contributed by atoms with Crippen LogP contribution in [0, 0.1) is 0 Å². The number of aliphatic hydroxyl groups is 1. The Labute approximate surface area is 191 Å². The first-order valence-corrected chi connectivity index (χ1v) is 10.3. The van der Waals surface area contributed by atoms with Crippen molar-refractivity contribution in [1.82, 2.24) is 9.80 Å². The molecule has 1 aliphatic heterocycles. The molecule has 1 aliphatic rings. The SMILES string of the molecule is CCCCN1C(=O)N=C(Nc2cccc(C(F)(F)F)c2)N(Cc2ccc(C(F)(F)F)cc2)C1O. The molecule has 0 saturated heterocycles. The lowest BCUT2D eigenvalue weighted by molar-refractivity contribution is -0.138. The molecule has 0 aromatic heterocycles. The van der Waals surface area contributed by atoms with Gasteiger partial charge < -0.3 is 10.4 Å². The molecule has 0 bridgehead atoms. The maximum atomic E-state index is 13.1. The Balaban J connectivity index is 1.92. The van der Waals surface area contributed by atoms with E-state index in [1.165, 1.54) is 29.2 Å². The maximum absolute atomic E-state index is 13.1. The topological polar surface area (TPSA) is 68.2 Å². The van der Waals surface area contributed by atoms with Crippen molar-refractivity contribution in [3.05, 3.63) is 65.2 Å². The van der Waals surface area contributed by atoms with Crippen molar-refractivity contribution in [1.29, 1.82) is 0 Å². The molecular formula is C22H22F6N4O2. The monoisotopic (exact) mass is 488 g/mol.